The van der Waals surface area contributed by atoms with Gasteiger partial charge in [0.15, 0.2) is 6.61 Å². The number of nitrogens with one attached hydrogen (secondary N) is 1. The summed E-state index contributed by atoms with van der Waals surface area (Å²) in [5.41, 5.74) is 3.28. The molecule has 6 heteroatoms. The van der Waals surface area contributed by atoms with Crippen molar-refractivity contribution in [1.82, 2.24) is 0 Å². The van der Waals surface area contributed by atoms with E-state index in [1.54, 1.807) is 38.2 Å². The second-order valence-corrected chi connectivity index (χ2v) is 5.86. The first kappa shape index (κ1) is 19.3. The number of amides is 2. The maximum Gasteiger partial charge on any atom is 0.413 e. The molecule has 26 heavy (non-hydrogen) atoms. The van der Waals surface area contributed by atoms with Gasteiger partial charge in [0.25, 0.3) is 5.91 Å². The summed E-state index contributed by atoms with van der Waals surface area (Å²) in [5.74, 6) is 0.480. The van der Waals surface area contributed by atoms with Crippen LogP contribution in [0, 0.1) is 13.8 Å². The summed E-state index contributed by atoms with van der Waals surface area (Å²) >= 11 is 0. The second kappa shape index (κ2) is 8.89. The minimum absolute atomic E-state index is 0.0732. The van der Waals surface area contributed by atoms with E-state index >= 15 is 0 Å². The van der Waals surface area contributed by atoms with Gasteiger partial charge < -0.3 is 14.8 Å². The Labute approximate surface area is 153 Å². The third-order valence-electron chi connectivity index (χ3n) is 3.84. The Morgan fingerprint density at radius 3 is 2.23 bits per heavy atom. The molecule has 1 N–H and O–H groups in total. The maximum absolute atomic E-state index is 12.1. The van der Waals surface area contributed by atoms with Gasteiger partial charge in [-0.2, -0.15) is 0 Å². The fraction of sp³-hybridized carbons (Fsp3) is 0.300. The number of carbonyl (C=O) groups excluding carboxylic acids is 2. The van der Waals surface area contributed by atoms with E-state index in [9.17, 15) is 9.59 Å². The number of benzene rings is 2. The molecule has 0 saturated carbocycles. The monoisotopic (exact) mass is 356 g/mol. The number of para-hydroxylation sites is 1. The Hall–Kier alpha value is -3.02. The van der Waals surface area contributed by atoms with Crippen LogP contribution in [0.3, 0.4) is 0 Å². The number of aryl methyl sites for hydroxylation is 2. The lowest BCUT2D eigenvalue weighted by molar-refractivity contribution is -0.118. The van der Waals surface area contributed by atoms with Crippen LogP contribution in [-0.4, -0.2) is 32.3 Å². The smallest absolute Gasteiger partial charge is 0.413 e. The summed E-state index contributed by atoms with van der Waals surface area (Å²) in [7, 11) is 1.63. The highest BCUT2D eigenvalue weighted by atomic mass is 16.6. The van der Waals surface area contributed by atoms with Crippen LogP contribution in [0.5, 0.6) is 5.75 Å². The highest BCUT2D eigenvalue weighted by Crippen LogP contribution is 2.22. The molecule has 0 aliphatic rings. The van der Waals surface area contributed by atoms with Crippen molar-refractivity contribution in [3.05, 3.63) is 53.6 Å². The zero-order valence-electron chi connectivity index (χ0n) is 15.5. The first-order valence-electron chi connectivity index (χ1n) is 8.41. The molecule has 0 radical (unpaired) electrons. The Morgan fingerprint density at radius 2 is 1.65 bits per heavy atom. The molecule has 0 bridgehead atoms. The van der Waals surface area contributed by atoms with E-state index in [0.29, 0.717) is 18.0 Å². The Balaban J connectivity index is 1.92. The van der Waals surface area contributed by atoms with Gasteiger partial charge in [-0.05, 0) is 56.2 Å². The maximum atomic E-state index is 12.1. The van der Waals surface area contributed by atoms with E-state index < -0.39 is 6.09 Å². The van der Waals surface area contributed by atoms with E-state index in [2.05, 4.69) is 5.32 Å². The second-order valence-electron chi connectivity index (χ2n) is 5.86. The number of rotatable bonds is 6. The predicted molar refractivity (Wildman–Crippen MR) is 102 cm³/mol. The minimum Gasteiger partial charge on any atom is -0.483 e. The van der Waals surface area contributed by atoms with Crippen LogP contribution < -0.4 is 15.0 Å². The van der Waals surface area contributed by atoms with Crippen LogP contribution in [0.25, 0.3) is 0 Å². The van der Waals surface area contributed by atoms with Gasteiger partial charge >= 0.3 is 6.09 Å². The lowest BCUT2D eigenvalue weighted by Gasteiger charge is -2.17. The number of hydrogen-bond donors (Lipinski definition) is 1. The van der Waals surface area contributed by atoms with E-state index in [1.165, 1.54) is 4.90 Å². The van der Waals surface area contributed by atoms with Crippen LogP contribution in [-0.2, 0) is 9.53 Å². The van der Waals surface area contributed by atoms with E-state index in [-0.39, 0.29) is 12.5 Å². The Morgan fingerprint density at radius 1 is 1.04 bits per heavy atom. The molecular formula is C20H24N2O4. The van der Waals surface area contributed by atoms with Crippen LogP contribution in [0.2, 0.25) is 0 Å². The zero-order valence-corrected chi connectivity index (χ0v) is 15.5. The summed E-state index contributed by atoms with van der Waals surface area (Å²) in [5, 5.41) is 2.77. The van der Waals surface area contributed by atoms with E-state index in [4.69, 9.17) is 9.47 Å². The molecule has 0 saturated heterocycles. The first-order valence-corrected chi connectivity index (χ1v) is 8.41. The molecule has 0 unspecified atom stereocenters. The van der Waals surface area contributed by atoms with Gasteiger partial charge in [0.2, 0.25) is 0 Å². The van der Waals surface area contributed by atoms with Crippen molar-refractivity contribution < 1.29 is 19.1 Å². The Bertz CT molecular complexity index is 752. The van der Waals surface area contributed by atoms with E-state index in [0.717, 1.165) is 16.9 Å². The molecule has 0 heterocycles. The van der Waals surface area contributed by atoms with Gasteiger partial charge in [0.1, 0.15) is 5.75 Å². The van der Waals surface area contributed by atoms with Crippen molar-refractivity contribution in [3.63, 3.8) is 0 Å². The average Bonchev–Trinajstić information content (AvgIpc) is 2.61. The molecule has 138 valence electrons. The van der Waals surface area contributed by atoms with Crippen molar-refractivity contribution >= 4 is 23.4 Å². The number of anilines is 2. The fourth-order valence-corrected chi connectivity index (χ4v) is 2.46. The molecule has 0 aliphatic carbocycles. The van der Waals surface area contributed by atoms with Crippen LogP contribution in [0.1, 0.15) is 18.1 Å². The van der Waals surface area contributed by atoms with Crippen LogP contribution in [0.15, 0.2) is 42.5 Å². The number of carbonyl (C=O) groups is 2. The summed E-state index contributed by atoms with van der Waals surface area (Å²) in [6.45, 7) is 5.89. The van der Waals surface area contributed by atoms with Gasteiger partial charge in [0, 0.05) is 18.4 Å². The molecule has 0 spiro atoms. The number of nitrogens with zero attached hydrogens (tertiary/aromatic N) is 1. The normalized spacial score (nSPS) is 10.2. The summed E-state index contributed by atoms with van der Waals surface area (Å²) < 4.78 is 10.6. The van der Waals surface area contributed by atoms with Gasteiger partial charge in [-0.15, -0.1) is 0 Å². The molecule has 2 aromatic carbocycles. The van der Waals surface area contributed by atoms with Gasteiger partial charge in [0.05, 0.1) is 6.61 Å². The summed E-state index contributed by atoms with van der Waals surface area (Å²) in [6.07, 6.45) is -0.425. The van der Waals surface area contributed by atoms with Crippen molar-refractivity contribution in [1.29, 1.82) is 0 Å². The highest BCUT2D eigenvalue weighted by Gasteiger charge is 2.12. The largest absolute Gasteiger partial charge is 0.483 e. The van der Waals surface area contributed by atoms with Crippen LogP contribution in [0.4, 0.5) is 16.2 Å². The molecule has 0 aliphatic heterocycles. The lowest BCUT2D eigenvalue weighted by Crippen LogP contribution is -2.27. The molecule has 6 nitrogen and oxygen atoms in total. The van der Waals surface area contributed by atoms with E-state index in [1.807, 2.05) is 32.0 Å². The third-order valence-corrected chi connectivity index (χ3v) is 3.84. The highest BCUT2D eigenvalue weighted by molar-refractivity contribution is 5.92. The van der Waals surface area contributed by atoms with Crippen molar-refractivity contribution in [2.24, 2.45) is 0 Å². The summed E-state index contributed by atoms with van der Waals surface area (Å²) in [4.78, 5) is 25.2. The standard InChI is InChI=1S/C20H24N2O4/c1-5-25-20(24)22(4)17-11-9-16(10-12-17)21-18(23)13-26-19-14(2)7-6-8-15(19)3/h6-12H,5,13H2,1-4H3,(H,21,23). The van der Waals surface area contributed by atoms with Gasteiger partial charge in [-0.1, -0.05) is 18.2 Å². The molecular weight excluding hydrogens is 332 g/mol. The molecule has 2 aromatic rings. The Kier molecular flexibility index (Phi) is 6.60. The number of hydrogen-bond acceptors (Lipinski definition) is 4. The minimum atomic E-state index is -0.425. The number of ether oxygens (including phenoxy) is 2. The quantitative estimate of drug-likeness (QED) is 0.852. The molecule has 2 rings (SSSR count). The lowest BCUT2D eigenvalue weighted by atomic mass is 10.1. The third kappa shape index (κ3) is 4.99. The van der Waals surface area contributed by atoms with Crippen molar-refractivity contribution in [2.45, 2.75) is 20.8 Å². The molecule has 0 atom stereocenters. The van der Waals surface area contributed by atoms with Gasteiger partial charge in [-0.25, -0.2) is 4.79 Å². The van der Waals surface area contributed by atoms with Gasteiger partial charge in [-0.3, -0.25) is 9.69 Å². The molecule has 0 fully saturated rings. The fourth-order valence-electron chi connectivity index (χ4n) is 2.46. The SMILES string of the molecule is CCOC(=O)N(C)c1ccc(NC(=O)COc2c(C)cccc2C)cc1. The van der Waals surface area contributed by atoms with Crippen LogP contribution >= 0.6 is 0 Å². The van der Waals surface area contributed by atoms with Crippen molar-refractivity contribution in [2.75, 3.05) is 30.5 Å². The zero-order chi connectivity index (χ0) is 19.1. The average molecular weight is 356 g/mol. The molecule has 2 amide bonds. The molecule has 0 aromatic heterocycles. The first-order chi connectivity index (χ1) is 12.4. The summed E-state index contributed by atoms with van der Waals surface area (Å²) in [6, 6.07) is 12.8. The van der Waals surface area contributed by atoms with Crippen molar-refractivity contribution in [3.8, 4) is 5.75 Å². The predicted octanol–water partition coefficient (Wildman–Crippen LogP) is 3.91. The topological polar surface area (TPSA) is 67.9 Å².